The molecule has 0 amide bonds. The van der Waals surface area contributed by atoms with E-state index in [1.54, 1.807) is 20.4 Å². The fraction of sp³-hybridized carbons (Fsp3) is 0.545. The number of nitrogen functional groups attached to an aromatic ring is 1. The molecule has 1 rings (SSSR count). The standard InChI is InChI=1S/C11H19N3O2/c1-15-7-5-14(6-8-16-2)11-4-3-10(12)9-13-11/h3-4,9H,5-8,12H2,1-2H3. The fourth-order valence-corrected chi connectivity index (χ4v) is 1.33. The fourth-order valence-electron chi connectivity index (χ4n) is 1.33. The topological polar surface area (TPSA) is 60.6 Å². The van der Waals surface area contributed by atoms with Gasteiger partial charge in [-0.3, -0.25) is 0 Å². The van der Waals surface area contributed by atoms with E-state index < -0.39 is 0 Å². The summed E-state index contributed by atoms with van der Waals surface area (Å²) in [6.45, 7) is 2.90. The minimum atomic E-state index is 0.662. The Morgan fingerprint density at radius 1 is 1.19 bits per heavy atom. The molecular weight excluding hydrogens is 206 g/mol. The average Bonchev–Trinajstić information content (AvgIpc) is 2.31. The monoisotopic (exact) mass is 225 g/mol. The Morgan fingerprint density at radius 3 is 2.25 bits per heavy atom. The number of nitrogens with zero attached hydrogens (tertiary/aromatic N) is 2. The highest BCUT2D eigenvalue weighted by molar-refractivity contribution is 5.45. The number of pyridine rings is 1. The quantitative estimate of drug-likeness (QED) is 0.742. The maximum atomic E-state index is 5.60. The summed E-state index contributed by atoms with van der Waals surface area (Å²) in [6.07, 6.45) is 1.65. The number of aromatic nitrogens is 1. The summed E-state index contributed by atoms with van der Waals surface area (Å²) in [5.74, 6) is 0.892. The smallest absolute Gasteiger partial charge is 0.128 e. The summed E-state index contributed by atoms with van der Waals surface area (Å²) < 4.78 is 10.1. The largest absolute Gasteiger partial charge is 0.397 e. The third kappa shape index (κ3) is 4.04. The van der Waals surface area contributed by atoms with Gasteiger partial charge in [-0.15, -0.1) is 0 Å². The first-order chi connectivity index (χ1) is 7.77. The summed E-state index contributed by atoms with van der Waals surface area (Å²) in [5.41, 5.74) is 6.27. The van der Waals surface area contributed by atoms with Gasteiger partial charge < -0.3 is 20.1 Å². The second kappa shape index (κ2) is 7.03. The lowest BCUT2D eigenvalue weighted by molar-refractivity contribution is 0.190. The molecule has 0 atom stereocenters. The Morgan fingerprint density at radius 2 is 1.81 bits per heavy atom. The van der Waals surface area contributed by atoms with E-state index in [0.717, 1.165) is 18.9 Å². The number of nitrogens with two attached hydrogens (primary N) is 1. The van der Waals surface area contributed by atoms with Crippen LogP contribution in [0.25, 0.3) is 0 Å². The number of anilines is 2. The van der Waals surface area contributed by atoms with Gasteiger partial charge in [-0.25, -0.2) is 4.98 Å². The minimum absolute atomic E-state index is 0.662. The van der Waals surface area contributed by atoms with Gasteiger partial charge in [0.15, 0.2) is 0 Å². The minimum Gasteiger partial charge on any atom is -0.397 e. The Labute approximate surface area is 96.2 Å². The van der Waals surface area contributed by atoms with E-state index >= 15 is 0 Å². The summed E-state index contributed by atoms with van der Waals surface area (Å²) >= 11 is 0. The molecule has 5 nitrogen and oxygen atoms in total. The lowest BCUT2D eigenvalue weighted by Gasteiger charge is -2.22. The molecule has 1 aromatic heterocycles. The van der Waals surface area contributed by atoms with Gasteiger partial charge in [-0.2, -0.15) is 0 Å². The summed E-state index contributed by atoms with van der Waals surface area (Å²) in [7, 11) is 3.37. The van der Waals surface area contributed by atoms with Gasteiger partial charge in [0.05, 0.1) is 25.1 Å². The Bertz CT molecular complexity index is 282. The van der Waals surface area contributed by atoms with E-state index in [2.05, 4.69) is 9.88 Å². The third-order valence-electron chi connectivity index (χ3n) is 2.23. The van der Waals surface area contributed by atoms with Crippen molar-refractivity contribution in [3.8, 4) is 0 Å². The van der Waals surface area contributed by atoms with Crippen LogP contribution in [0.4, 0.5) is 11.5 Å². The van der Waals surface area contributed by atoms with Gasteiger partial charge >= 0.3 is 0 Å². The maximum absolute atomic E-state index is 5.60. The van der Waals surface area contributed by atoms with Crippen molar-refractivity contribution in [1.29, 1.82) is 0 Å². The molecule has 0 aliphatic carbocycles. The molecule has 1 aromatic rings. The van der Waals surface area contributed by atoms with Gasteiger partial charge in [-0.05, 0) is 12.1 Å². The highest BCUT2D eigenvalue weighted by Crippen LogP contribution is 2.11. The average molecular weight is 225 g/mol. The first-order valence-electron chi connectivity index (χ1n) is 5.22. The Balaban J connectivity index is 2.62. The molecule has 1 heterocycles. The number of ether oxygens (including phenoxy) is 2. The van der Waals surface area contributed by atoms with Crippen molar-refractivity contribution in [3.63, 3.8) is 0 Å². The van der Waals surface area contributed by atoms with Crippen LogP contribution < -0.4 is 10.6 Å². The van der Waals surface area contributed by atoms with Crippen LogP contribution >= 0.6 is 0 Å². The molecule has 0 unspecified atom stereocenters. The Kier molecular flexibility index (Phi) is 5.60. The van der Waals surface area contributed by atoms with Crippen molar-refractivity contribution in [3.05, 3.63) is 18.3 Å². The van der Waals surface area contributed by atoms with Gasteiger partial charge in [-0.1, -0.05) is 0 Å². The summed E-state index contributed by atoms with van der Waals surface area (Å²) in [6, 6.07) is 3.75. The van der Waals surface area contributed by atoms with Crippen LogP contribution in [0.1, 0.15) is 0 Å². The van der Waals surface area contributed by atoms with E-state index in [1.807, 2.05) is 12.1 Å². The zero-order valence-corrected chi connectivity index (χ0v) is 9.85. The molecule has 0 aliphatic rings. The second-order valence-corrected chi connectivity index (χ2v) is 3.42. The molecule has 5 heteroatoms. The van der Waals surface area contributed by atoms with Crippen LogP contribution in [0.15, 0.2) is 18.3 Å². The molecule has 0 saturated heterocycles. The van der Waals surface area contributed by atoms with Gasteiger partial charge in [0.1, 0.15) is 5.82 Å². The van der Waals surface area contributed by atoms with Crippen LogP contribution in [0.2, 0.25) is 0 Å². The predicted molar refractivity (Wildman–Crippen MR) is 64.6 cm³/mol. The van der Waals surface area contributed by atoms with Crippen LogP contribution in [0.5, 0.6) is 0 Å². The van der Waals surface area contributed by atoms with E-state index in [1.165, 1.54) is 0 Å². The van der Waals surface area contributed by atoms with Crippen LogP contribution in [0, 0.1) is 0 Å². The zero-order valence-electron chi connectivity index (χ0n) is 9.85. The lowest BCUT2D eigenvalue weighted by Crippen LogP contribution is -2.31. The molecule has 0 bridgehead atoms. The molecule has 0 saturated carbocycles. The molecule has 0 fully saturated rings. The van der Waals surface area contributed by atoms with Gasteiger partial charge in [0.25, 0.3) is 0 Å². The maximum Gasteiger partial charge on any atom is 0.128 e. The molecule has 0 radical (unpaired) electrons. The number of hydrogen-bond acceptors (Lipinski definition) is 5. The van der Waals surface area contributed by atoms with Crippen molar-refractivity contribution < 1.29 is 9.47 Å². The number of methoxy groups -OCH3 is 2. The molecule has 2 N–H and O–H groups in total. The van der Waals surface area contributed by atoms with Crippen LogP contribution in [-0.4, -0.2) is 45.5 Å². The van der Waals surface area contributed by atoms with E-state index in [9.17, 15) is 0 Å². The molecular formula is C11H19N3O2. The van der Waals surface area contributed by atoms with Crippen molar-refractivity contribution in [2.75, 3.05) is 51.2 Å². The van der Waals surface area contributed by atoms with E-state index in [4.69, 9.17) is 15.2 Å². The molecule has 16 heavy (non-hydrogen) atoms. The lowest BCUT2D eigenvalue weighted by atomic mass is 10.3. The first-order valence-corrected chi connectivity index (χ1v) is 5.22. The van der Waals surface area contributed by atoms with Crippen LogP contribution in [0.3, 0.4) is 0 Å². The molecule has 90 valence electrons. The highest BCUT2D eigenvalue weighted by atomic mass is 16.5. The summed E-state index contributed by atoms with van der Waals surface area (Å²) in [4.78, 5) is 6.38. The van der Waals surface area contributed by atoms with Crippen molar-refractivity contribution in [2.45, 2.75) is 0 Å². The SMILES string of the molecule is COCCN(CCOC)c1ccc(N)cn1. The Hall–Kier alpha value is -1.33. The summed E-state index contributed by atoms with van der Waals surface area (Å²) in [5, 5.41) is 0. The molecule has 0 aromatic carbocycles. The number of hydrogen-bond donors (Lipinski definition) is 1. The third-order valence-corrected chi connectivity index (χ3v) is 2.23. The van der Waals surface area contributed by atoms with Gasteiger partial charge in [0.2, 0.25) is 0 Å². The van der Waals surface area contributed by atoms with Crippen LogP contribution in [-0.2, 0) is 9.47 Å². The van der Waals surface area contributed by atoms with Gasteiger partial charge in [0, 0.05) is 27.3 Å². The van der Waals surface area contributed by atoms with Crippen molar-refractivity contribution >= 4 is 11.5 Å². The van der Waals surface area contributed by atoms with E-state index in [0.29, 0.717) is 18.9 Å². The molecule has 0 aliphatic heterocycles. The highest BCUT2D eigenvalue weighted by Gasteiger charge is 2.06. The van der Waals surface area contributed by atoms with Crippen molar-refractivity contribution in [1.82, 2.24) is 4.98 Å². The second-order valence-electron chi connectivity index (χ2n) is 3.42. The van der Waals surface area contributed by atoms with Crippen molar-refractivity contribution in [2.24, 2.45) is 0 Å². The zero-order chi connectivity index (χ0) is 11.8. The van der Waals surface area contributed by atoms with E-state index in [-0.39, 0.29) is 0 Å². The predicted octanol–water partition coefficient (Wildman–Crippen LogP) is 0.763. The number of rotatable bonds is 7. The first kappa shape index (κ1) is 12.7. The normalized spacial score (nSPS) is 10.4. The molecule has 0 spiro atoms.